The Morgan fingerprint density at radius 3 is 3.04 bits per heavy atom. The average Bonchev–Trinajstić information content (AvgIpc) is 3.09. The monoisotopic (exact) mass is 316 g/mol. The number of carbonyl (C=O) groups excluding carboxylic acids is 1. The highest BCUT2D eigenvalue weighted by Gasteiger charge is 2.24. The first-order valence-electron chi connectivity index (χ1n) is 7.72. The van der Waals surface area contributed by atoms with E-state index in [1.807, 2.05) is 30.3 Å². The lowest BCUT2D eigenvalue weighted by molar-refractivity contribution is -0.0102. The van der Waals surface area contributed by atoms with Crippen LogP contribution in [0.4, 0.5) is 4.79 Å². The number of aromatic nitrogens is 2. The van der Waals surface area contributed by atoms with Gasteiger partial charge in [0, 0.05) is 25.7 Å². The summed E-state index contributed by atoms with van der Waals surface area (Å²) < 4.78 is 11.1. The van der Waals surface area contributed by atoms with E-state index >= 15 is 0 Å². The maximum absolute atomic E-state index is 11.7. The van der Waals surface area contributed by atoms with Crippen LogP contribution in [-0.4, -0.2) is 47.3 Å². The zero-order valence-electron chi connectivity index (χ0n) is 13.1. The topological polar surface area (TPSA) is 80.5 Å². The Labute approximate surface area is 134 Å². The number of amides is 2. The molecule has 1 saturated heterocycles. The van der Waals surface area contributed by atoms with Crippen molar-refractivity contribution in [1.82, 2.24) is 20.4 Å². The van der Waals surface area contributed by atoms with E-state index in [0.717, 1.165) is 24.9 Å². The molecule has 0 saturated carbocycles. The molecule has 2 heterocycles. The first-order chi connectivity index (χ1) is 11.3. The van der Waals surface area contributed by atoms with E-state index in [1.165, 1.54) is 0 Å². The molecule has 1 aromatic heterocycles. The number of rotatable bonds is 4. The van der Waals surface area contributed by atoms with Crippen molar-refractivity contribution in [3.63, 3.8) is 0 Å². The molecule has 0 spiro atoms. The quantitative estimate of drug-likeness (QED) is 0.934. The maximum Gasteiger partial charge on any atom is 0.317 e. The van der Waals surface area contributed by atoms with Crippen molar-refractivity contribution in [3.05, 3.63) is 36.2 Å². The van der Waals surface area contributed by atoms with E-state index in [1.54, 1.807) is 11.9 Å². The molecule has 0 unspecified atom stereocenters. The van der Waals surface area contributed by atoms with Gasteiger partial charge in [0.2, 0.25) is 5.82 Å². The first-order valence-corrected chi connectivity index (χ1v) is 7.72. The number of nitrogens with zero attached hydrogens (tertiary/aromatic N) is 3. The molecule has 2 amide bonds. The summed E-state index contributed by atoms with van der Waals surface area (Å²) in [6.07, 6.45) is 1.85. The SMILES string of the molecule is CNC(=O)N1CCC[C@H](OCc2nc(-c3ccccc3)no2)C1. The van der Waals surface area contributed by atoms with Gasteiger partial charge in [0.25, 0.3) is 5.89 Å². The summed E-state index contributed by atoms with van der Waals surface area (Å²) in [4.78, 5) is 17.8. The third-order valence-electron chi connectivity index (χ3n) is 3.82. The minimum absolute atomic E-state index is 0.00637. The Hall–Kier alpha value is -2.41. The minimum atomic E-state index is -0.0672. The van der Waals surface area contributed by atoms with Gasteiger partial charge in [-0.3, -0.25) is 0 Å². The van der Waals surface area contributed by atoms with E-state index in [4.69, 9.17) is 9.26 Å². The molecule has 2 aromatic rings. The Balaban J connectivity index is 1.54. The van der Waals surface area contributed by atoms with Crippen LogP contribution in [0.25, 0.3) is 11.4 Å². The van der Waals surface area contributed by atoms with E-state index in [-0.39, 0.29) is 18.7 Å². The summed E-state index contributed by atoms with van der Waals surface area (Å²) in [5.41, 5.74) is 0.908. The second kappa shape index (κ2) is 7.23. The van der Waals surface area contributed by atoms with Crippen LogP contribution in [0.2, 0.25) is 0 Å². The zero-order chi connectivity index (χ0) is 16.1. The lowest BCUT2D eigenvalue weighted by atomic mass is 10.1. The molecular weight excluding hydrogens is 296 g/mol. The average molecular weight is 316 g/mol. The molecule has 122 valence electrons. The second-order valence-electron chi connectivity index (χ2n) is 5.45. The van der Waals surface area contributed by atoms with Gasteiger partial charge in [0.15, 0.2) is 0 Å². The van der Waals surface area contributed by atoms with E-state index in [0.29, 0.717) is 18.3 Å². The number of piperidine rings is 1. The van der Waals surface area contributed by atoms with Crippen LogP contribution in [0, 0.1) is 0 Å². The molecule has 7 nitrogen and oxygen atoms in total. The molecule has 1 aliphatic rings. The van der Waals surface area contributed by atoms with Crippen LogP contribution >= 0.6 is 0 Å². The fraction of sp³-hybridized carbons (Fsp3) is 0.438. The summed E-state index contributed by atoms with van der Waals surface area (Å²) in [6, 6.07) is 9.58. The predicted octanol–water partition coefficient (Wildman–Crippen LogP) is 2.06. The van der Waals surface area contributed by atoms with Gasteiger partial charge in [-0.05, 0) is 12.8 Å². The summed E-state index contributed by atoms with van der Waals surface area (Å²) in [7, 11) is 1.64. The summed E-state index contributed by atoms with van der Waals surface area (Å²) in [5.74, 6) is 1.00. The van der Waals surface area contributed by atoms with Gasteiger partial charge in [-0.25, -0.2) is 4.79 Å². The van der Waals surface area contributed by atoms with Gasteiger partial charge < -0.3 is 19.5 Å². The van der Waals surface area contributed by atoms with Gasteiger partial charge in [0.1, 0.15) is 6.61 Å². The van der Waals surface area contributed by atoms with Crippen molar-refractivity contribution in [2.24, 2.45) is 0 Å². The number of likely N-dealkylation sites (tertiary alicyclic amines) is 1. The Bertz CT molecular complexity index is 644. The highest BCUT2D eigenvalue weighted by molar-refractivity contribution is 5.73. The number of urea groups is 1. The van der Waals surface area contributed by atoms with Gasteiger partial charge in [-0.2, -0.15) is 4.98 Å². The number of hydrogen-bond donors (Lipinski definition) is 1. The number of nitrogens with one attached hydrogen (secondary N) is 1. The summed E-state index contributed by atoms with van der Waals surface area (Å²) >= 11 is 0. The zero-order valence-corrected chi connectivity index (χ0v) is 13.1. The molecule has 1 N–H and O–H groups in total. The standard InChI is InChI=1S/C16H20N4O3/c1-17-16(21)20-9-5-8-13(10-20)22-11-14-18-15(19-23-14)12-6-3-2-4-7-12/h2-4,6-7,13H,5,8-11H2,1H3,(H,17,21)/t13-/m0/s1. The lowest BCUT2D eigenvalue weighted by Gasteiger charge is -2.31. The lowest BCUT2D eigenvalue weighted by Crippen LogP contribution is -2.46. The number of hydrogen-bond acceptors (Lipinski definition) is 5. The van der Waals surface area contributed by atoms with Crippen LogP contribution in [0.5, 0.6) is 0 Å². The van der Waals surface area contributed by atoms with Gasteiger partial charge >= 0.3 is 6.03 Å². The largest absolute Gasteiger partial charge is 0.367 e. The van der Waals surface area contributed by atoms with E-state index < -0.39 is 0 Å². The highest BCUT2D eigenvalue weighted by atomic mass is 16.5. The molecule has 7 heteroatoms. The molecule has 1 atom stereocenters. The van der Waals surface area contributed by atoms with Crippen molar-refractivity contribution < 1.29 is 14.1 Å². The summed E-state index contributed by atoms with van der Waals surface area (Å²) in [5, 5.41) is 6.61. The fourth-order valence-electron chi connectivity index (χ4n) is 2.62. The predicted molar refractivity (Wildman–Crippen MR) is 83.6 cm³/mol. The van der Waals surface area contributed by atoms with Crippen LogP contribution in [-0.2, 0) is 11.3 Å². The number of ether oxygens (including phenoxy) is 1. The molecule has 0 radical (unpaired) electrons. The van der Waals surface area contributed by atoms with Crippen molar-refractivity contribution in [2.45, 2.75) is 25.6 Å². The molecule has 23 heavy (non-hydrogen) atoms. The Kier molecular flexibility index (Phi) is 4.87. The van der Waals surface area contributed by atoms with Crippen molar-refractivity contribution in [3.8, 4) is 11.4 Å². The Morgan fingerprint density at radius 1 is 1.43 bits per heavy atom. The molecule has 0 bridgehead atoms. The van der Waals surface area contributed by atoms with Gasteiger partial charge in [-0.1, -0.05) is 35.5 Å². The molecule has 1 aliphatic heterocycles. The highest BCUT2D eigenvalue weighted by Crippen LogP contribution is 2.17. The third kappa shape index (κ3) is 3.87. The fourth-order valence-corrected chi connectivity index (χ4v) is 2.62. The van der Waals surface area contributed by atoms with Crippen LogP contribution in [0.3, 0.4) is 0 Å². The second-order valence-corrected chi connectivity index (χ2v) is 5.45. The minimum Gasteiger partial charge on any atom is -0.367 e. The van der Waals surface area contributed by atoms with Crippen molar-refractivity contribution >= 4 is 6.03 Å². The van der Waals surface area contributed by atoms with Gasteiger partial charge in [-0.15, -0.1) is 0 Å². The smallest absolute Gasteiger partial charge is 0.317 e. The number of benzene rings is 1. The molecule has 1 aromatic carbocycles. The molecule has 1 fully saturated rings. The normalized spacial score (nSPS) is 18.0. The van der Waals surface area contributed by atoms with Crippen molar-refractivity contribution in [1.29, 1.82) is 0 Å². The van der Waals surface area contributed by atoms with Gasteiger partial charge in [0.05, 0.1) is 6.10 Å². The maximum atomic E-state index is 11.7. The third-order valence-corrected chi connectivity index (χ3v) is 3.82. The molecular formula is C16H20N4O3. The van der Waals surface area contributed by atoms with E-state index in [2.05, 4.69) is 15.5 Å². The molecule has 0 aliphatic carbocycles. The summed E-state index contributed by atoms with van der Waals surface area (Å²) in [6.45, 7) is 1.60. The first kappa shape index (κ1) is 15.5. The van der Waals surface area contributed by atoms with E-state index in [9.17, 15) is 4.79 Å². The Morgan fingerprint density at radius 2 is 2.26 bits per heavy atom. The van der Waals surface area contributed by atoms with Crippen LogP contribution in [0.1, 0.15) is 18.7 Å². The van der Waals surface area contributed by atoms with Crippen LogP contribution < -0.4 is 5.32 Å². The molecule has 3 rings (SSSR count). The van der Waals surface area contributed by atoms with Crippen LogP contribution in [0.15, 0.2) is 34.9 Å². The number of carbonyl (C=O) groups is 1. The van der Waals surface area contributed by atoms with Crippen molar-refractivity contribution in [2.75, 3.05) is 20.1 Å².